The van der Waals surface area contributed by atoms with Gasteiger partial charge in [0.2, 0.25) is 0 Å². The second-order valence-corrected chi connectivity index (χ2v) is 7.71. The molecule has 0 aliphatic carbocycles. The molecule has 2 aromatic carbocycles. The van der Waals surface area contributed by atoms with Crippen molar-refractivity contribution in [2.24, 2.45) is 0 Å². The highest BCUT2D eigenvalue weighted by Gasteiger charge is 2.47. The summed E-state index contributed by atoms with van der Waals surface area (Å²) < 4.78 is 19.9. The molecule has 1 aliphatic rings. The first-order valence-corrected chi connectivity index (χ1v) is 9.07. The molecule has 27 heavy (non-hydrogen) atoms. The predicted molar refractivity (Wildman–Crippen MR) is 99.5 cm³/mol. The number of aliphatic carboxylic acids is 1. The number of carboxylic acids is 1. The van der Waals surface area contributed by atoms with Gasteiger partial charge in [0.25, 0.3) is 5.91 Å². The van der Waals surface area contributed by atoms with Crippen LogP contribution in [0.1, 0.15) is 13.3 Å². The molecule has 0 radical (unpaired) electrons. The molecule has 1 N–H and O–H groups in total. The SMILES string of the molecule is CC1(CC(=O)O)Oc2ccc(Cl)cc2N(c2nc3cc(F)ccc3s2)C1=O. The van der Waals surface area contributed by atoms with E-state index in [1.165, 1.54) is 35.3 Å². The second-order valence-electron chi connectivity index (χ2n) is 6.26. The lowest BCUT2D eigenvalue weighted by Gasteiger charge is -2.38. The first-order valence-electron chi connectivity index (χ1n) is 7.88. The van der Waals surface area contributed by atoms with Crippen LogP contribution in [0.3, 0.4) is 0 Å². The number of aromatic nitrogens is 1. The molecule has 4 rings (SSSR count). The van der Waals surface area contributed by atoms with E-state index in [-0.39, 0.29) is 5.13 Å². The summed E-state index contributed by atoms with van der Waals surface area (Å²) in [4.78, 5) is 30.1. The van der Waals surface area contributed by atoms with Crippen LogP contribution in [-0.2, 0) is 9.59 Å². The van der Waals surface area contributed by atoms with E-state index in [0.29, 0.717) is 26.7 Å². The fourth-order valence-electron chi connectivity index (χ4n) is 2.96. The van der Waals surface area contributed by atoms with Crippen molar-refractivity contribution in [1.82, 2.24) is 4.98 Å². The third-order valence-corrected chi connectivity index (χ3v) is 5.43. The largest absolute Gasteiger partial charge is 0.481 e. The Hall–Kier alpha value is -2.71. The summed E-state index contributed by atoms with van der Waals surface area (Å²) in [6, 6.07) is 8.86. The molecule has 0 saturated heterocycles. The van der Waals surface area contributed by atoms with E-state index in [2.05, 4.69) is 4.98 Å². The van der Waals surface area contributed by atoms with Crippen molar-refractivity contribution in [1.29, 1.82) is 0 Å². The molecule has 1 aliphatic heterocycles. The van der Waals surface area contributed by atoms with E-state index >= 15 is 0 Å². The summed E-state index contributed by atoms with van der Waals surface area (Å²) in [6.45, 7) is 1.42. The summed E-state index contributed by atoms with van der Waals surface area (Å²) in [5, 5.41) is 9.88. The number of hydrogen-bond acceptors (Lipinski definition) is 5. The first-order chi connectivity index (χ1) is 12.8. The minimum Gasteiger partial charge on any atom is -0.481 e. The molecule has 6 nitrogen and oxygen atoms in total. The summed E-state index contributed by atoms with van der Waals surface area (Å²) >= 11 is 7.26. The lowest BCUT2D eigenvalue weighted by atomic mass is 9.97. The molecule has 0 bridgehead atoms. The fraction of sp³-hybridized carbons (Fsp3) is 0.167. The highest BCUT2D eigenvalue weighted by molar-refractivity contribution is 7.22. The van der Waals surface area contributed by atoms with Gasteiger partial charge in [0.15, 0.2) is 10.7 Å². The fourth-order valence-corrected chi connectivity index (χ4v) is 4.08. The average Bonchev–Trinajstić information content (AvgIpc) is 2.98. The molecule has 2 heterocycles. The maximum Gasteiger partial charge on any atom is 0.307 e. The van der Waals surface area contributed by atoms with Gasteiger partial charge < -0.3 is 9.84 Å². The number of halogens is 2. The number of carbonyl (C=O) groups is 2. The summed E-state index contributed by atoms with van der Waals surface area (Å²) in [6.07, 6.45) is -0.524. The number of thiazole rings is 1. The lowest BCUT2D eigenvalue weighted by Crippen LogP contribution is -2.53. The summed E-state index contributed by atoms with van der Waals surface area (Å²) in [7, 11) is 0. The molecule has 9 heteroatoms. The molecule has 1 unspecified atom stereocenters. The molecule has 0 spiro atoms. The van der Waals surface area contributed by atoms with Crippen molar-refractivity contribution in [3.05, 3.63) is 47.2 Å². The van der Waals surface area contributed by atoms with Crippen molar-refractivity contribution < 1.29 is 23.8 Å². The smallest absolute Gasteiger partial charge is 0.307 e. The van der Waals surface area contributed by atoms with Crippen molar-refractivity contribution in [2.45, 2.75) is 18.9 Å². The lowest BCUT2D eigenvalue weighted by molar-refractivity contribution is -0.148. The molecule has 0 fully saturated rings. The van der Waals surface area contributed by atoms with Crippen LogP contribution < -0.4 is 9.64 Å². The Balaban J connectivity index is 1.91. The molecule has 3 aromatic rings. The number of nitrogens with zero attached hydrogens (tertiary/aromatic N) is 2. The highest BCUT2D eigenvalue weighted by Crippen LogP contribution is 2.45. The molecular weight excluding hydrogens is 395 g/mol. The Morgan fingerprint density at radius 3 is 2.89 bits per heavy atom. The van der Waals surface area contributed by atoms with Gasteiger partial charge in [0, 0.05) is 11.1 Å². The van der Waals surface area contributed by atoms with Crippen molar-refractivity contribution in [3.8, 4) is 5.75 Å². The monoisotopic (exact) mass is 406 g/mol. The number of anilines is 2. The topological polar surface area (TPSA) is 79.7 Å². The maximum absolute atomic E-state index is 13.5. The zero-order valence-electron chi connectivity index (χ0n) is 13.9. The third kappa shape index (κ3) is 3.00. The number of fused-ring (bicyclic) bond motifs is 2. The van der Waals surface area contributed by atoms with E-state index in [1.54, 1.807) is 24.3 Å². The second kappa shape index (κ2) is 6.17. The van der Waals surface area contributed by atoms with E-state index in [0.717, 1.165) is 0 Å². The Kier molecular flexibility index (Phi) is 4.05. The van der Waals surface area contributed by atoms with E-state index in [9.17, 15) is 19.1 Å². The first kappa shape index (κ1) is 17.7. The van der Waals surface area contributed by atoms with Crippen LogP contribution in [0.5, 0.6) is 5.75 Å². The van der Waals surface area contributed by atoms with Gasteiger partial charge in [0.05, 0.1) is 22.3 Å². The Morgan fingerprint density at radius 1 is 1.37 bits per heavy atom. The molecule has 1 amide bonds. The van der Waals surface area contributed by atoms with Crippen molar-refractivity contribution in [2.75, 3.05) is 4.90 Å². The number of carbonyl (C=O) groups excluding carboxylic acids is 1. The molecule has 1 atom stereocenters. The number of amides is 1. The standard InChI is InChI=1S/C18H12ClFN2O4S/c1-18(8-15(23)24)16(25)22(12-6-9(19)2-4-13(12)26-18)17-21-11-7-10(20)3-5-14(11)27-17/h2-7H,8H2,1H3,(H,23,24). The number of hydrogen-bond donors (Lipinski definition) is 1. The number of benzene rings is 2. The zero-order chi connectivity index (χ0) is 19.3. The van der Waals surface area contributed by atoms with Crippen LogP contribution in [0.2, 0.25) is 5.02 Å². The van der Waals surface area contributed by atoms with Crippen LogP contribution in [0.25, 0.3) is 10.2 Å². The van der Waals surface area contributed by atoms with Gasteiger partial charge in [-0.25, -0.2) is 14.3 Å². The molecule has 138 valence electrons. The Bertz CT molecular complexity index is 1100. The van der Waals surface area contributed by atoms with Gasteiger partial charge >= 0.3 is 5.97 Å². The van der Waals surface area contributed by atoms with Gasteiger partial charge in [-0.3, -0.25) is 9.59 Å². The Labute approximate surface area is 161 Å². The van der Waals surface area contributed by atoms with Crippen LogP contribution in [0.4, 0.5) is 15.2 Å². The average molecular weight is 407 g/mol. The van der Waals surface area contributed by atoms with Crippen molar-refractivity contribution in [3.63, 3.8) is 0 Å². The number of rotatable bonds is 3. The summed E-state index contributed by atoms with van der Waals surface area (Å²) in [5.74, 6) is -1.88. The maximum atomic E-state index is 13.5. The summed E-state index contributed by atoms with van der Waals surface area (Å²) in [5.41, 5.74) is -0.858. The third-order valence-electron chi connectivity index (χ3n) is 4.17. The van der Waals surface area contributed by atoms with Crippen LogP contribution in [-0.4, -0.2) is 27.6 Å². The van der Waals surface area contributed by atoms with Crippen LogP contribution in [0.15, 0.2) is 36.4 Å². The molecule has 0 saturated carbocycles. The van der Waals surface area contributed by atoms with Gasteiger partial charge in [-0.05, 0) is 37.3 Å². The van der Waals surface area contributed by atoms with Gasteiger partial charge in [-0.2, -0.15) is 0 Å². The number of carboxylic acid groups (broad SMARTS) is 1. The normalized spacial score (nSPS) is 19.1. The quantitative estimate of drug-likeness (QED) is 0.698. The highest BCUT2D eigenvalue weighted by atomic mass is 35.5. The van der Waals surface area contributed by atoms with Crippen LogP contribution in [0, 0.1) is 5.82 Å². The number of ether oxygens (including phenoxy) is 1. The van der Waals surface area contributed by atoms with Gasteiger partial charge in [-0.15, -0.1) is 0 Å². The van der Waals surface area contributed by atoms with E-state index in [4.69, 9.17) is 16.3 Å². The minimum absolute atomic E-state index is 0.282. The molecular formula is C18H12ClFN2O4S. The van der Waals surface area contributed by atoms with Gasteiger partial charge in [-0.1, -0.05) is 22.9 Å². The van der Waals surface area contributed by atoms with Crippen molar-refractivity contribution >= 4 is 55.8 Å². The predicted octanol–water partition coefficient (Wildman–Crippen LogP) is 4.38. The van der Waals surface area contributed by atoms with Gasteiger partial charge in [0.1, 0.15) is 11.6 Å². The molecule has 1 aromatic heterocycles. The Morgan fingerprint density at radius 2 is 2.15 bits per heavy atom. The zero-order valence-corrected chi connectivity index (χ0v) is 15.5. The minimum atomic E-state index is -1.62. The van der Waals surface area contributed by atoms with E-state index < -0.39 is 29.7 Å². The van der Waals surface area contributed by atoms with Crippen LogP contribution >= 0.6 is 22.9 Å². The van der Waals surface area contributed by atoms with E-state index in [1.807, 2.05) is 0 Å².